The second-order valence-corrected chi connectivity index (χ2v) is 4.97. The minimum absolute atomic E-state index is 0.0766. The number of aryl methyl sites for hydroxylation is 1. The molecule has 0 fully saturated rings. The summed E-state index contributed by atoms with van der Waals surface area (Å²) in [5, 5.41) is 13.7. The van der Waals surface area contributed by atoms with Crippen LogP contribution in [0.3, 0.4) is 0 Å². The first kappa shape index (κ1) is 15.0. The van der Waals surface area contributed by atoms with Gasteiger partial charge in [-0.2, -0.15) is 5.10 Å². The molecule has 0 aliphatic rings. The van der Waals surface area contributed by atoms with Gasteiger partial charge >= 0.3 is 0 Å². The summed E-state index contributed by atoms with van der Waals surface area (Å²) in [6.45, 7) is 2.73. The van der Waals surface area contributed by atoms with Gasteiger partial charge in [0.25, 0.3) is 0 Å². The first-order chi connectivity index (χ1) is 11.2. The number of rotatable bonds is 5. The van der Waals surface area contributed by atoms with Crippen LogP contribution >= 0.6 is 0 Å². The number of hydrogen-bond acceptors (Lipinski definition) is 5. The van der Waals surface area contributed by atoms with Gasteiger partial charge in [0.05, 0.1) is 18.0 Å². The smallest absolute Gasteiger partial charge is 0.247 e. The van der Waals surface area contributed by atoms with Crippen molar-refractivity contribution in [3.8, 4) is 11.5 Å². The van der Waals surface area contributed by atoms with Gasteiger partial charge in [0, 0.05) is 12.7 Å². The summed E-state index contributed by atoms with van der Waals surface area (Å²) >= 11 is 0. The molecule has 7 heteroatoms. The van der Waals surface area contributed by atoms with E-state index in [1.807, 2.05) is 6.92 Å². The van der Waals surface area contributed by atoms with Crippen LogP contribution in [0.5, 0.6) is 11.5 Å². The zero-order valence-electron chi connectivity index (χ0n) is 12.6. The van der Waals surface area contributed by atoms with Crippen molar-refractivity contribution in [1.29, 1.82) is 0 Å². The Labute approximate surface area is 132 Å². The van der Waals surface area contributed by atoms with E-state index < -0.39 is 5.91 Å². The van der Waals surface area contributed by atoms with Crippen LogP contribution in [-0.4, -0.2) is 25.9 Å². The number of hydrogen-bond donors (Lipinski definition) is 2. The lowest BCUT2D eigenvalue weighted by atomic mass is 10.1. The molecule has 2 N–H and O–H groups in total. The fourth-order valence-corrected chi connectivity index (χ4v) is 2.35. The molecule has 0 radical (unpaired) electrons. The van der Waals surface area contributed by atoms with Crippen LogP contribution in [0.1, 0.15) is 12.5 Å². The Morgan fingerprint density at radius 1 is 1.39 bits per heavy atom. The second-order valence-electron chi connectivity index (χ2n) is 4.97. The predicted octanol–water partition coefficient (Wildman–Crippen LogP) is 2.29. The lowest BCUT2D eigenvalue weighted by Crippen LogP contribution is -2.20. The third-order valence-electron chi connectivity index (χ3n) is 3.41. The maximum atomic E-state index is 11.2. The van der Waals surface area contributed by atoms with E-state index in [0.717, 1.165) is 23.1 Å². The number of carbonyl (C=O) groups excluding carboxylic acids is 1. The van der Waals surface area contributed by atoms with Crippen molar-refractivity contribution in [3.63, 3.8) is 0 Å². The standard InChI is InChI=1S/C16H16N4O3/c1-2-20-16-13(10-18-20)14(6-7-17-16)23-12-5-3-4-11(8-12)9-15(21)19-22/h3-8,10,22H,2,9H2,1H3,(H,19,21). The van der Waals surface area contributed by atoms with Crippen molar-refractivity contribution >= 4 is 16.9 Å². The van der Waals surface area contributed by atoms with Crippen LogP contribution in [0.2, 0.25) is 0 Å². The van der Waals surface area contributed by atoms with Crippen LogP contribution in [0.15, 0.2) is 42.7 Å². The van der Waals surface area contributed by atoms with E-state index in [0.29, 0.717) is 11.5 Å². The molecule has 7 nitrogen and oxygen atoms in total. The van der Waals surface area contributed by atoms with Crippen molar-refractivity contribution in [3.05, 3.63) is 48.3 Å². The summed E-state index contributed by atoms with van der Waals surface area (Å²) in [5.74, 6) is 0.779. The van der Waals surface area contributed by atoms with Crippen molar-refractivity contribution in [1.82, 2.24) is 20.2 Å². The molecule has 0 spiro atoms. The van der Waals surface area contributed by atoms with Gasteiger partial charge in [0.1, 0.15) is 11.5 Å². The van der Waals surface area contributed by atoms with E-state index in [9.17, 15) is 4.79 Å². The number of hydroxylamine groups is 1. The molecule has 1 amide bonds. The van der Waals surface area contributed by atoms with Crippen molar-refractivity contribution in [2.75, 3.05) is 0 Å². The van der Waals surface area contributed by atoms with Gasteiger partial charge in [0.2, 0.25) is 5.91 Å². The van der Waals surface area contributed by atoms with E-state index >= 15 is 0 Å². The molecule has 0 saturated carbocycles. The average Bonchev–Trinajstić information content (AvgIpc) is 2.99. The van der Waals surface area contributed by atoms with E-state index in [2.05, 4.69) is 10.1 Å². The van der Waals surface area contributed by atoms with Crippen molar-refractivity contribution < 1.29 is 14.7 Å². The lowest BCUT2D eigenvalue weighted by molar-refractivity contribution is -0.128. The zero-order chi connectivity index (χ0) is 16.2. The predicted molar refractivity (Wildman–Crippen MR) is 83.4 cm³/mol. The number of amides is 1. The number of nitrogens with one attached hydrogen (secondary N) is 1. The molecule has 0 aliphatic carbocycles. The SMILES string of the molecule is CCn1ncc2c(Oc3cccc(CC(=O)NO)c3)ccnc21. The summed E-state index contributed by atoms with van der Waals surface area (Å²) in [6.07, 6.45) is 3.48. The Morgan fingerprint density at radius 2 is 2.26 bits per heavy atom. The van der Waals surface area contributed by atoms with Gasteiger partial charge in [-0.3, -0.25) is 10.0 Å². The Hall–Kier alpha value is -2.93. The number of nitrogens with zero attached hydrogens (tertiary/aromatic N) is 3. The molecule has 2 aromatic heterocycles. The Morgan fingerprint density at radius 3 is 3.04 bits per heavy atom. The topological polar surface area (TPSA) is 89.3 Å². The number of benzene rings is 1. The average molecular weight is 312 g/mol. The maximum Gasteiger partial charge on any atom is 0.247 e. The van der Waals surface area contributed by atoms with Crippen molar-refractivity contribution in [2.24, 2.45) is 0 Å². The van der Waals surface area contributed by atoms with Crippen LogP contribution < -0.4 is 10.2 Å². The first-order valence-corrected chi connectivity index (χ1v) is 7.21. The number of fused-ring (bicyclic) bond motifs is 1. The first-order valence-electron chi connectivity index (χ1n) is 7.21. The molecule has 0 atom stereocenters. The molecular formula is C16H16N4O3. The molecule has 1 aromatic carbocycles. The van der Waals surface area contributed by atoms with Gasteiger partial charge in [-0.15, -0.1) is 0 Å². The highest BCUT2D eigenvalue weighted by Crippen LogP contribution is 2.29. The zero-order valence-corrected chi connectivity index (χ0v) is 12.6. The number of ether oxygens (including phenoxy) is 1. The van der Waals surface area contributed by atoms with Crippen LogP contribution in [0.25, 0.3) is 11.0 Å². The van der Waals surface area contributed by atoms with Gasteiger partial charge in [-0.1, -0.05) is 12.1 Å². The van der Waals surface area contributed by atoms with E-state index in [-0.39, 0.29) is 6.42 Å². The third kappa shape index (κ3) is 3.14. The molecule has 0 saturated heterocycles. The molecule has 0 aliphatic heterocycles. The second kappa shape index (κ2) is 6.45. The van der Waals surface area contributed by atoms with Crippen molar-refractivity contribution in [2.45, 2.75) is 19.9 Å². The third-order valence-corrected chi connectivity index (χ3v) is 3.41. The largest absolute Gasteiger partial charge is 0.456 e. The molecule has 3 aromatic rings. The molecule has 0 bridgehead atoms. The van der Waals surface area contributed by atoms with Gasteiger partial charge in [-0.25, -0.2) is 15.1 Å². The van der Waals surface area contributed by atoms with E-state index in [4.69, 9.17) is 9.94 Å². The summed E-state index contributed by atoms with van der Waals surface area (Å²) in [6, 6.07) is 8.92. The fraction of sp³-hybridized carbons (Fsp3) is 0.188. The Kier molecular flexibility index (Phi) is 4.20. The van der Waals surface area contributed by atoms with Gasteiger partial charge in [-0.05, 0) is 30.7 Å². The summed E-state index contributed by atoms with van der Waals surface area (Å²) in [4.78, 5) is 15.6. The highest BCUT2D eigenvalue weighted by atomic mass is 16.5. The number of aromatic nitrogens is 3. The summed E-state index contributed by atoms with van der Waals surface area (Å²) < 4.78 is 7.71. The highest BCUT2D eigenvalue weighted by Gasteiger charge is 2.10. The lowest BCUT2D eigenvalue weighted by Gasteiger charge is -2.08. The molecule has 118 valence electrons. The Bertz CT molecular complexity index is 844. The van der Waals surface area contributed by atoms with E-state index in [1.54, 1.807) is 52.9 Å². The highest BCUT2D eigenvalue weighted by molar-refractivity contribution is 5.82. The van der Waals surface area contributed by atoms with E-state index in [1.165, 1.54) is 0 Å². The molecule has 0 unspecified atom stereocenters. The van der Waals surface area contributed by atoms with Crippen LogP contribution in [0, 0.1) is 0 Å². The van der Waals surface area contributed by atoms with Gasteiger partial charge < -0.3 is 4.74 Å². The normalized spacial score (nSPS) is 10.7. The van der Waals surface area contributed by atoms with Crippen LogP contribution in [0.4, 0.5) is 0 Å². The summed E-state index contributed by atoms with van der Waals surface area (Å²) in [5.41, 5.74) is 3.12. The number of carbonyl (C=O) groups is 1. The Balaban J connectivity index is 1.89. The molecular weight excluding hydrogens is 296 g/mol. The minimum atomic E-state index is -0.474. The monoisotopic (exact) mass is 312 g/mol. The maximum absolute atomic E-state index is 11.2. The molecule has 23 heavy (non-hydrogen) atoms. The molecule has 3 rings (SSSR count). The van der Waals surface area contributed by atoms with Gasteiger partial charge in [0.15, 0.2) is 5.65 Å². The number of pyridine rings is 1. The quantitative estimate of drug-likeness (QED) is 0.557. The molecule has 2 heterocycles. The minimum Gasteiger partial charge on any atom is -0.456 e. The fourth-order valence-electron chi connectivity index (χ4n) is 2.35. The summed E-state index contributed by atoms with van der Waals surface area (Å²) in [7, 11) is 0. The van der Waals surface area contributed by atoms with Crippen LogP contribution in [-0.2, 0) is 17.8 Å².